The lowest BCUT2D eigenvalue weighted by atomic mass is 9.76. The molecule has 2 aromatic carbocycles. The van der Waals surface area contributed by atoms with Gasteiger partial charge in [-0.3, -0.25) is 14.9 Å². The smallest absolute Gasteiger partial charge is 0.333 e. The van der Waals surface area contributed by atoms with Crippen molar-refractivity contribution < 1.29 is 23.9 Å². The molecule has 1 saturated heterocycles. The molecule has 174 valence electrons. The Labute approximate surface area is 198 Å². The van der Waals surface area contributed by atoms with Gasteiger partial charge in [0.25, 0.3) is 11.1 Å². The molecule has 0 bridgehead atoms. The summed E-state index contributed by atoms with van der Waals surface area (Å²) in [6.45, 7) is 2.99. The van der Waals surface area contributed by atoms with Crippen molar-refractivity contribution in [3.05, 3.63) is 65.7 Å². The predicted molar refractivity (Wildman–Crippen MR) is 127 cm³/mol. The summed E-state index contributed by atoms with van der Waals surface area (Å²) in [7, 11) is 0. The summed E-state index contributed by atoms with van der Waals surface area (Å²) < 4.78 is 9.86. The van der Waals surface area contributed by atoms with Gasteiger partial charge in [-0.05, 0) is 47.9 Å². The third kappa shape index (κ3) is 5.58. The van der Waals surface area contributed by atoms with E-state index in [1.807, 2.05) is 54.6 Å². The topological polar surface area (TPSA) is 81.7 Å². The van der Waals surface area contributed by atoms with Crippen LogP contribution >= 0.6 is 11.8 Å². The van der Waals surface area contributed by atoms with Crippen LogP contribution in [0.5, 0.6) is 5.75 Å². The molecule has 4 rings (SSSR count). The molecule has 1 N–H and O–H groups in total. The Morgan fingerprint density at radius 3 is 2.30 bits per heavy atom. The van der Waals surface area contributed by atoms with E-state index in [0.717, 1.165) is 16.9 Å². The van der Waals surface area contributed by atoms with Crippen LogP contribution in [-0.4, -0.2) is 28.5 Å². The fourth-order valence-electron chi connectivity index (χ4n) is 4.38. The minimum Gasteiger partial charge on any atom is -0.493 e. The molecule has 33 heavy (non-hydrogen) atoms. The average molecular weight is 468 g/mol. The zero-order valence-electron chi connectivity index (χ0n) is 18.8. The number of hydrogen-bond acceptors (Lipinski definition) is 6. The van der Waals surface area contributed by atoms with Gasteiger partial charge in [-0.1, -0.05) is 68.7 Å². The van der Waals surface area contributed by atoms with Crippen LogP contribution in [0.4, 0.5) is 4.79 Å². The van der Waals surface area contributed by atoms with E-state index >= 15 is 0 Å². The summed E-state index contributed by atoms with van der Waals surface area (Å²) in [5.74, 6) is -0.600. The lowest BCUT2D eigenvalue weighted by Crippen LogP contribution is -2.46. The van der Waals surface area contributed by atoms with Crippen molar-refractivity contribution in [3.8, 4) is 5.75 Å². The highest BCUT2D eigenvalue weighted by Crippen LogP contribution is 2.38. The predicted octanol–water partition coefficient (Wildman–Crippen LogP) is 5.04. The van der Waals surface area contributed by atoms with Crippen molar-refractivity contribution in [2.75, 3.05) is 6.61 Å². The van der Waals surface area contributed by atoms with Gasteiger partial charge in [0, 0.05) is 11.8 Å². The molecule has 6 nitrogen and oxygen atoms in total. The van der Waals surface area contributed by atoms with Gasteiger partial charge in [0.2, 0.25) is 4.75 Å². The lowest BCUT2D eigenvalue weighted by Gasteiger charge is -2.33. The lowest BCUT2D eigenvalue weighted by molar-refractivity contribution is -0.150. The maximum absolute atomic E-state index is 13.0. The van der Waals surface area contributed by atoms with Gasteiger partial charge in [-0.2, -0.15) is 0 Å². The Morgan fingerprint density at radius 2 is 1.67 bits per heavy atom. The second-order valence-electron chi connectivity index (χ2n) is 9.21. The van der Waals surface area contributed by atoms with Gasteiger partial charge in [0.15, 0.2) is 0 Å². The first-order valence-corrected chi connectivity index (χ1v) is 12.2. The Balaban J connectivity index is 1.42. The van der Waals surface area contributed by atoms with Crippen LogP contribution in [0.25, 0.3) is 0 Å². The number of imide groups is 1. The van der Waals surface area contributed by atoms with Gasteiger partial charge in [0.1, 0.15) is 12.4 Å². The normalized spacial score (nSPS) is 22.0. The number of esters is 1. The van der Waals surface area contributed by atoms with E-state index in [1.165, 1.54) is 32.1 Å². The Kier molecular flexibility index (Phi) is 7.08. The van der Waals surface area contributed by atoms with Crippen LogP contribution < -0.4 is 10.1 Å². The minimum atomic E-state index is -1.64. The highest BCUT2D eigenvalue weighted by molar-refractivity contribution is 8.16. The summed E-state index contributed by atoms with van der Waals surface area (Å²) in [4.78, 5) is 37.6. The third-order valence-electron chi connectivity index (χ3n) is 6.42. The number of ether oxygens (including phenoxy) is 2. The van der Waals surface area contributed by atoms with Gasteiger partial charge >= 0.3 is 5.97 Å². The van der Waals surface area contributed by atoms with Crippen molar-refractivity contribution in [2.24, 2.45) is 5.41 Å². The van der Waals surface area contributed by atoms with Crippen molar-refractivity contribution in [1.29, 1.82) is 0 Å². The molecule has 2 aromatic rings. The van der Waals surface area contributed by atoms with Gasteiger partial charge in [-0.25, -0.2) is 4.79 Å². The molecule has 0 spiro atoms. The molecule has 1 atom stereocenters. The molecular formula is C26H29NO5S. The first kappa shape index (κ1) is 23.4. The number of hydrogen-bond donors (Lipinski definition) is 1. The molecule has 2 fully saturated rings. The molecular weight excluding hydrogens is 438 g/mol. The molecule has 1 heterocycles. The molecule has 1 aliphatic carbocycles. The largest absolute Gasteiger partial charge is 0.493 e. The van der Waals surface area contributed by atoms with Crippen LogP contribution in [0.15, 0.2) is 54.6 Å². The van der Waals surface area contributed by atoms with E-state index in [2.05, 4.69) is 12.2 Å². The first-order chi connectivity index (χ1) is 15.9. The molecule has 2 aliphatic rings. The molecule has 0 radical (unpaired) electrons. The number of amides is 2. The zero-order valence-corrected chi connectivity index (χ0v) is 19.6. The second kappa shape index (κ2) is 10.00. The van der Waals surface area contributed by atoms with E-state index in [4.69, 9.17) is 9.47 Å². The molecule has 7 heteroatoms. The number of nitrogens with one attached hydrogen (secondary N) is 1. The van der Waals surface area contributed by atoms with Crippen molar-refractivity contribution in [2.45, 2.75) is 56.8 Å². The van der Waals surface area contributed by atoms with E-state index in [0.29, 0.717) is 18.4 Å². The summed E-state index contributed by atoms with van der Waals surface area (Å²) in [5.41, 5.74) is 1.77. The van der Waals surface area contributed by atoms with Crippen LogP contribution in [-0.2, 0) is 27.4 Å². The quantitative estimate of drug-likeness (QED) is 0.433. The number of rotatable bonds is 8. The van der Waals surface area contributed by atoms with Gasteiger partial charge < -0.3 is 9.47 Å². The molecule has 0 aromatic heterocycles. The highest BCUT2D eigenvalue weighted by Gasteiger charge is 2.55. The van der Waals surface area contributed by atoms with Gasteiger partial charge in [0.05, 0.1) is 6.61 Å². The van der Waals surface area contributed by atoms with E-state index in [9.17, 15) is 14.4 Å². The maximum Gasteiger partial charge on any atom is 0.333 e. The van der Waals surface area contributed by atoms with E-state index in [-0.39, 0.29) is 18.4 Å². The minimum absolute atomic E-state index is 0.0367. The van der Waals surface area contributed by atoms with Crippen LogP contribution in [0.2, 0.25) is 0 Å². The Bertz CT molecular complexity index is 1000. The van der Waals surface area contributed by atoms with Gasteiger partial charge in [-0.15, -0.1) is 0 Å². The number of carbonyl (C=O) groups is 3. The highest BCUT2D eigenvalue weighted by atomic mass is 32.2. The average Bonchev–Trinajstić information content (AvgIpc) is 3.11. The molecule has 1 saturated carbocycles. The Morgan fingerprint density at radius 1 is 0.970 bits per heavy atom. The molecule has 2 amide bonds. The van der Waals surface area contributed by atoms with E-state index < -0.39 is 21.9 Å². The van der Waals surface area contributed by atoms with E-state index in [1.54, 1.807) is 0 Å². The Hall–Kier alpha value is -2.80. The molecule has 0 unspecified atom stereocenters. The SMILES string of the molecule is CC1(COc2ccc(C[C@@]3(C(=O)OCc4ccccc4)SC(=O)NC3=O)cc2)CCCCC1. The van der Waals surface area contributed by atoms with Crippen LogP contribution in [0.1, 0.15) is 50.2 Å². The zero-order chi connectivity index (χ0) is 23.3. The fraction of sp³-hybridized carbons (Fsp3) is 0.423. The molecule has 1 aliphatic heterocycles. The van der Waals surface area contributed by atoms with Crippen molar-refractivity contribution in [3.63, 3.8) is 0 Å². The van der Waals surface area contributed by atoms with Crippen molar-refractivity contribution >= 4 is 28.9 Å². The first-order valence-electron chi connectivity index (χ1n) is 11.4. The number of benzene rings is 2. The van der Waals surface area contributed by atoms with Crippen molar-refractivity contribution in [1.82, 2.24) is 5.32 Å². The summed E-state index contributed by atoms with van der Waals surface area (Å²) >= 11 is 0.687. The number of carbonyl (C=O) groups excluding carboxylic acids is 3. The summed E-state index contributed by atoms with van der Waals surface area (Å²) in [5, 5.41) is 1.69. The van der Waals surface area contributed by atoms with Crippen LogP contribution in [0.3, 0.4) is 0 Å². The summed E-state index contributed by atoms with van der Waals surface area (Å²) in [6.07, 6.45) is 6.21. The fourth-order valence-corrected chi connectivity index (χ4v) is 5.37. The number of thioether (sulfide) groups is 1. The monoisotopic (exact) mass is 467 g/mol. The van der Waals surface area contributed by atoms with Crippen LogP contribution in [0, 0.1) is 5.41 Å². The maximum atomic E-state index is 13.0. The third-order valence-corrected chi connectivity index (χ3v) is 7.55. The second-order valence-corrected chi connectivity index (χ2v) is 10.5. The summed E-state index contributed by atoms with van der Waals surface area (Å²) in [6, 6.07) is 16.6. The standard InChI is InChI=1S/C26H29NO5S/c1-25(14-6-3-7-15-25)18-32-21-12-10-19(11-13-21)16-26(22(28)27-24(30)33-26)23(29)31-17-20-8-4-2-5-9-20/h2,4-5,8-13H,3,6-7,14-18H2,1H3,(H,27,28,30)/t26-/m1/s1.